The minimum absolute atomic E-state index is 0.498. The lowest BCUT2D eigenvalue weighted by molar-refractivity contribution is 0.0536. The van der Waals surface area contributed by atoms with Gasteiger partial charge < -0.3 is 10.1 Å². The number of hydrogen-bond donors (Lipinski definition) is 1. The van der Waals surface area contributed by atoms with Gasteiger partial charge in [-0.1, -0.05) is 43.7 Å². The zero-order valence-corrected chi connectivity index (χ0v) is 11.4. The van der Waals surface area contributed by atoms with Crippen LogP contribution in [0.4, 0.5) is 0 Å². The van der Waals surface area contributed by atoms with E-state index in [-0.39, 0.29) is 0 Å². The molecule has 1 saturated heterocycles. The fraction of sp³-hybridized carbons (Fsp3) is 0.625. The van der Waals surface area contributed by atoms with Gasteiger partial charge in [0.15, 0.2) is 0 Å². The van der Waals surface area contributed by atoms with E-state index in [1.54, 1.807) is 0 Å². The van der Waals surface area contributed by atoms with E-state index in [1.165, 1.54) is 31.2 Å². The van der Waals surface area contributed by atoms with Gasteiger partial charge in [-0.2, -0.15) is 0 Å². The van der Waals surface area contributed by atoms with Crippen LogP contribution in [0, 0.1) is 5.92 Å². The summed E-state index contributed by atoms with van der Waals surface area (Å²) in [5.74, 6) is 0.696. The molecule has 0 aromatic heterocycles. The van der Waals surface area contributed by atoms with Crippen molar-refractivity contribution in [3.8, 4) is 0 Å². The van der Waals surface area contributed by atoms with Crippen molar-refractivity contribution in [1.82, 2.24) is 5.32 Å². The van der Waals surface area contributed by atoms with E-state index in [2.05, 4.69) is 42.6 Å². The molecule has 1 N–H and O–H groups in total. The zero-order valence-electron chi connectivity index (χ0n) is 11.4. The molecule has 0 amide bonds. The highest BCUT2D eigenvalue weighted by Gasteiger charge is 2.16. The Morgan fingerprint density at radius 1 is 1.33 bits per heavy atom. The van der Waals surface area contributed by atoms with Gasteiger partial charge in [-0.3, -0.25) is 0 Å². The van der Waals surface area contributed by atoms with E-state index in [0.717, 1.165) is 19.8 Å². The Kier molecular flexibility index (Phi) is 5.69. The number of hydrogen-bond acceptors (Lipinski definition) is 2. The van der Waals surface area contributed by atoms with E-state index in [1.807, 2.05) is 0 Å². The molecule has 2 atom stereocenters. The fourth-order valence-electron chi connectivity index (χ4n) is 2.64. The van der Waals surface area contributed by atoms with E-state index in [4.69, 9.17) is 4.74 Å². The maximum Gasteiger partial charge on any atom is 0.0506 e. The number of nitrogens with one attached hydrogen (secondary N) is 1. The molecular weight excluding hydrogens is 222 g/mol. The first-order valence-corrected chi connectivity index (χ1v) is 7.26. The normalized spacial score (nSPS) is 21.7. The van der Waals surface area contributed by atoms with Crippen LogP contribution < -0.4 is 5.32 Å². The van der Waals surface area contributed by atoms with Crippen molar-refractivity contribution in [2.75, 3.05) is 19.8 Å². The van der Waals surface area contributed by atoms with Crippen molar-refractivity contribution in [2.24, 2.45) is 5.92 Å². The van der Waals surface area contributed by atoms with Gasteiger partial charge in [0.1, 0.15) is 0 Å². The molecule has 2 nitrogen and oxygen atoms in total. The summed E-state index contributed by atoms with van der Waals surface area (Å²) in [7, 11) is 0. The summed E-state index contributed by atoms with van der Waals surface area (Å²) in [5.41, 5.74) is 1.41. The molecule has 2 heteroatoms. The van der Waals surface area contributed by atoms with Crippen LogP contribution in [0.25, 0.3) is 0 Å². The molecule has 1 fully saturated rings. The summed E-state index contributed by atoms with van der Waals surface area (Å²) < 4.78 is 5.54. The molecule has 0 saturated carbocycles. The second kappa shape index (κ2) is 7.55. The Hall–Kier alpha value is -0.860. The van der Waals surface area contributed by atoms with Crippen LogP contribution in [-0.4, -0.2) is 19.8 Å². The van der Waals surface area contributed by atoms with Gasteiger partial charge in [0, 0.05) is 19.2 Å². The Morgan fingerprint density at radius 2 is 2.17 bits per heavy atom. The summed E-state index contributed by atoms with van der Waals surface area (Å²) in [6, 6.07) is 11.3. The number of ether oxygens (including phenoxy) is 1. The van der Waals surface area contributed by atoms with Crippen molar-refractivity contribution < 1.29 is 4.74 Å². The lowest BCUT2D eigenvalue weighted by atomic mass is 9.99. The predicted octanol–water partition coefficient (Wildman–Crippen LogP) is 3.54. The van der Waals surface area contributed by atoms with Crippen molar-refractivity contribution in [3.63, 3.8) is 0 Å². The molecule has 0 bridgehead atoms. The molecule has 1 aromatic carbocycles. The van der Waals surface area contributed by atoms with Crippen molar-refractivity contribution in [3.05, 3.63) is 35.9 Å². The Balaban J connectivity index is 1.86. The molecule has 2 unspecified atom stereocenters. The third kappa shape index (κ3) is 4.11. The van der Waals surface area contributed by atoms with Gasteiger partial charge in [0.05, 0.1) is 6.61 Å². The molecular formula is C16H25NO. The van der Waals surface area contributed by atoms with Crippen molar-refractivity contribution in [2.45, 2.75) is 38.6 Å². The van der Waals surface area contributed by atoms with Gasteiger partial charge in [-0.25, -0.2) is 0 Å². The van der Waals surface area contributed by atoms with Gasteiger partial charge in [0.25, 0.3) is 0 Å². The summed E-state index contributed by atoms with van der Waals surface area (Å²) in [6.45, 7) is 5.22. The van der Waals surface area contributed by atoms with Crippen LogP contribution in [0.2, 0.25) is 0 Å². The summed E-state index contributed by atoms with van der Waals surface area (Å²) in [5, 5.41) is 3.73. The van der Waals surface area contributed by atoms with Crippen LogP contribution in [-0.2, 0) is 4.74 Å². The SMILES string of the molecule is CCCC(NCC1CCCOC1)c1ccccc1. The zero-order chi connectivity index (χ0) is 12.6. The smallest absolute Gasteiger partial charge is 0.0506 e. The Morgan fingerprint density at radius 3 is 2.83 bits per heavy atom. The van der Waals surface area contributed by atoms with Gasteiger partial charge in [0.2, 0.25) is 0 Å². The second-order valence-corrected chi connectivity index (χ2v) is 5.24. The van der Waals surface area contributed by atoms with Crippen LogP contribution in [0.5, 0.6) is 0 Å². The molecule has 1 aromatic rings. The molecule has 2 rings (SSSR count). The highest BCUT2D eigenvalue weighted by molar-refractivity contribution is 5.18. The molecule has 1 heterocycles. The van der Waals surface area contributed by atoms with Crippen LogP contribution in [0.3, 0.4) is 0 Å². The van der Waals surface area contributed by atoms with Crippen molar-refractivity contribution >= 4 is 0 Å². The maximum atomic E-state index is 5.54. The second-order valence-electron chi connectivity index (χ2n) is 5.24. The summed E-state index contributed by atoms with van der Waals surface area (Å²) >= 11 is 0. The fourth-order valence-corrected chi connectivity index (χ4v) is 2.64. The first-order valence-electron chi connectivity index (χ1n) is 7.26. The van der Waals surface area contributed by atoms with Crippen LogP contribution in [0.1, 0.15) is 44.2 Å². The highest BCUT2D eigenvalue weighted by atomic mass is 16.5. The minimum Gasteiger partial charge on any atom is -0.381 e. The van der Waals surface area contributed by atoms with Crippen LogP contribution in [0.15, 0.2) is 30.3 Å². The lowest BCUT2D eigenvalue weighted by Crippen LogP contribution is -2.31. The number of rotatable bonds is 6. The molecule has 100 valence electrons. The lowest BCUT2D eigenvalue weighted by Gasteiger charge is -2.26. The van der Waals surface area contributed by atoms with Crippen molar-refractivity contribution in [1.29, 1.82) is 0 Å². The van der Waals surface area contributed by atoms with E-state index >= 15 is 0 Å². The molecule has 18 heavy (non-hydrogen) atoms. The largest absolute Gasteiger partial charge is 0.381 e. The van der Waals surface area contributed by atoms with Gasteiger partial charge in [-0.15, -0.1) is 0 Å². The third-order valence-electron chi connectivity index (χ3n) is 3.69. The minimum atomic E-state index is 0.498. The number of benzene rings is 1. The molecule has 0 spiro atoms. The van der Waals surface area contributed by atoms with Crippen LogP contribution >= 0.6 is 0 Å². The third-order valence-corrected chi connectivity index (χ3v) is 3.69. The average Bonchev–Trinajstić information content (AvgIpc) is 2.45. The average molecular weight is 247 g/mol. The first kappa shape index (κ1) is 13.6. The van der Waals surface area contributed by atoms with E-state index in [0.29, 0.717) is 12.0 Å². The molecule has 0 aliphatic carbocycles. The summed E-state index contributed by atoms with van der Waals surface area (Å²) in [6.07, 6.45) is 4.95. The topological polar surface area (TPSA) is 21.3 Å². The quantitative estimate of drug-likeness (QED) is 0.830. The predicted molar refractivity (Wildman–Crippen MR) is 75.6 cm³/mol. The maximum absolute atomic E-state index is 5.54. The van der Waals surface area contributed by atoms with E-state index in [9.17, 15) is 0 Å². The monoisotopic (exact) mass is 247 g/mol. The molecule has 1 aliphatic rings. The van der Waals surface area contributed by atoms with Gasteiger partial charge in [-0.05, 0) is 30.7 Å². The van der Waals surface area contributed by atoms with Gasteiger partial charge >= 0.3 is 0 Å². The Bertz CT molecular complexity index is 319. The molecule has 1 aliphatic heterocycles. The summed E-state index contributed by atoms with van der Waals surface area (Å²) in [4.78, 5) is 0. The van der Waals surface area contributed by atoms with E-state index < -0.39 is 0 Å². The highest BCUT2D eigenvalue weighted by Crippen LogP contribution is 2.20. The Labute approximate surface area is 111 Å². The first-order chi connectivity index (χ1) is 8.90. The molecule has 0 radical (unpaired) electrons. The standard InChI is InChI=1S/C16H25NO/c1-2-7-16(15-9-4-3-5-10-15)17-12-14-8-6-11-18-13-14/h3-5,9-10,14,16-17H,2,6-8,11-13H2,1H3.